The molecule has 1 N–H and O–H groups in total. The number of benzene rings is 2. The Balaban J connectivity index is 1.85. The molecule has 0 spiro atoms. The zero-order chi connectivity index (χ0) is 18.0. The fourth-order valence-corrected chi connectivity index (χ4v) is 3.76. The molecule has 126 valence electrons. The summed E-state index contributed by atoms with van der Waals surface area (Å²) < 4.78 is 0. The predicted molar refractivity (Wildman–Crippen MR) is 104 cm³/mol. The number of Topliss-reactive ketones (excluding diaryl/α,β-unsaturated/α-hetero) is 1. The van der Waals surface area contributed by atoms with Gasteiger partial charge in [-0.3, -0.25) is 14.6 Å². The van der Waals surface area contributed by atoms with Gasteiger partial charge in [0.25, 0.3) is 0 Å². The lowest BCUT2D eigenvalue weighted by Crippen LogP contribution is -2.47. The maximum absolute atomic E-state index is 13.0. The van der Waals surface area contributed by atoms with Gasteiger partial charge in [0.15, 0.2) is 11.2 Å². The zero-order valence-electron chi connectivity index (χ0n) is 14.5. The average Bonchev–Trinajstić information content (AvgIpc) is 2.63. The third-order valence-electron chi connectivity index (χ3n) is 5.12. The molecule has 1 aliphatic heterocycles. The maximum Gasteiger partial charge on any atom is 0.197 e. The zero-order valence-corrected chi connectivity index (χ0v) is 14.5. The highest BCUT2D eigenvalue weighted by Gasteiger charge is 2.30. The number of ketones is 1. The number of carbonyl (C=O) groups is 1. The summed E-state index contributed by atoms with van der Waals surface area (Å²) in [6.07, 6.45) is 3.60. The molecule has 1 atom stereocenters. The van der Waals surface area contributed by atoms with Gasteiger partial charge in [-0.05, 0) is 50.3 Å². The number of carbonyl (C=O) groups excluding carboxylic acids is 1. The van der Waals surface area contributed by atoms with Crippen molar-refractivity contribution >= 4 is 40.2 Å². The number of nitrogens with zero attached hydrogens (tertiary/aromatic N) is 1. The lowest BCUT2D eigenvalue weighted by Gasteiger charge is -2.22. The van der Waals surface area contributed by atoms with Gasteiger partial charge in [0, 0.05) is 27.0 Å². The van der Waals surface area contributed by atoms with E-state index in [1.165, 1.54) is 0 Å². The normalized spacial score (nSPS) is 17.5. The van der Waals surface area contributed by atoms with Gasteiger partial charge < -0.3 is 4.98 Å². The van der Waals surface area contributed by atoms with Crippen LogP contribution in [-0.4, -0.2) is 16.5 Å². The Morgan fingerprint density at radius 1 is 1.00 bits per heavy atom. The van der Waals surface area contributed by atoms with Crippen LogP contribution in [0.4, 0.5) is 5.69 Å². The molecule has 1 unspecified atom stereocenters. The summed E-state index contributed by atoms with van der Waals surface area (Å²) in [5.74, 6) is -0.421. The third kappa shape index (κ3) is 2.05. The minimum Gasteiger partial charge on any atom is -0.355 e. The second kappa shape index (κ2) is 5.11. The minimum absolute atomic E-state index is 0.0282. The van der Waals surface area contributed by atoms with E-state index in [2.05, 4.69) is 9.98 Å². The standard InChI is InChI=1S/C22H16N2O2/c1-11-3-5-17-13(7-11)21(25)15-9-20-16(10-19(15)23-17)22(26)14-8-12(2)4-6-18(14)24-20/h3-10,15,24H,1-2H3. The molecule has 3 aromatic rings. The molecule has 0 bridgehead atoms. The average molecular weight is 340 g/mol. The summed E-state index contributed by atoms with van der Waals surface area (Å²) in [6, 6.07) is 11.5. The Hall–Kier alpha value is -3.27. The summed E-state index contributed by atoms with van der Waals surface area (Å²) in [7, 11) is 0. The minimum atomic E-state index is -0.449. The van der Waals surface area contributed by atoms with Crippen LogP contribution in [0.2, 0.25) is 0 Å². The van der Waals surface area contributed by atoms with E-state index >= 15 is 0 Å². The molecule has 26 heavy (non-hydrogen) atoms. The number of nitrogens with one attached hydrogen (secondary N) is 1. The van der Waals surface area contributed by atoms with Crippen LogP contribution in [0.5, 0.6) is 0 Å². The van der Waals surface area contributed by atoms with Crippen molar-refractivity contribution in [3.8, 4) is 0 Å². The SMILES string of the molecule is Cc1ccc2c(c1)C(=O)C1C=c3[nH]c4ccc(C)cc4c(=O)c3=CC1=N2. The van der Waals surface area contributed by atoms with E-state index in [1.807, 2.05) is 56.3 Å². The van der Waals surface area contributed by atoms with Crippen molar-refractivity contribution in [2.45, 2.75) is 13.8 Å². The largest absolute Gasteiger partial charge is 0.355 e. The molecule has 2 heterocycles. The Morgan fingerprint density at radius 2 is 1.77 bits per heavy atom. The van der Waals surface area contributed by atoms with Gasteiger partial charge in [-0.2, -0.15) is 0 Å². The van der Waals surface area contributed by atoms with Gasteiger partial charge in [-0.15, -0.1) is 0 Å². The molecule has 4 heteroatoms. The van der Waals surface area contributed by atoms with Crippen molar-refractivity contribution < 1.29 is 4.79 Å². The monoisotopic (exact) mass is 340 g/mol. The Bertz CT molecular complexity index is 1340. The number of hydrogen-bond donors (Lipinski definition) is 1. The smallest absolute Gasteiger partial charge is 0.197 e. The first-order valence-corrected chi connectivity index (χ1v) is 8.61. The van der Waals surface area contributed by atoms with Crippen molar-refractivity contribution in [2.75, 3.05) is 0 Å². The molecule has 0 amide bonds. The number of aliphatic imine (C=N–C) groups is 1. The highest BCUT2D eigenvalue weighted by atomic mass is 16.1. The van der Waals surface area contributed by atoms with Gasteiger partial charge in [0.1, 0.15) is 0 Å². The summed E-state index contributed by atoms with van der Waals surface area (Å²) in [5.41, 5.74) is 4.77. The van der Waals surface area contributed by atoms with Crippen LogP contribution in [0.3, 0.4) is 0 Å². The van der Waals surface area contributed by atoms with Crippen molar-refractivity contribution in [3.63, 3.8) is 0 Å². The lowest BCUT2D eigenvalue weighted by molar-refractivity contribution is 0.0977. The second-order valence-corrected chi connectivity index (χ2v) is 7.04. The predicted octanol–water partition coefficient (Wildman–Crippen LogP) is 2.30. The van der Waals surface area contributed by atoms with Crippen LogP contribution >= 0.6 is 0 Å². The molecule has 4 nitrogen and oxygen atoms in total. The number of aromatic nitrogens is 1. The number of aryl methyl sites for hydroxylation is 2. The first kappa shape index (κ1) is 15.0. The van der Waals surface area contributed by atoms with Gasteiger partial charge in [-0.25, -0.2) is 0 Å². The first-order chi connectivity index (χ1) is 12.5. The van der Waals surface area contributed by atoms with E-state index in [-0.39, 0.29) is 11.2 Å². The van der Waals surface area contributed by atoms with Crippen LogP contribution in [0.15, 0.2) is 46.2 Å². The van der Waals surface area contributed by atoms with E-state index in [9.17, 15) is 9.59 Å². The lowest BCUT2D eigenvalue weighted by atomic mass is 9.85. The maximum atomic E-state index is 13.0. The second-order valence-electron chi connectivity index (χ2n) is 7.04. The molecular weight excluding hydrogens is 324 g/mol. The topological polar surface area (TPSA) is 62.3 Å². The molecule has 0 radical (unpaired) electrons. The van der Waals surface area contributed by atoms with E-state index in [0.717, 1.165) is 16.6 Å². The number of aromatic amines is 1. The summed E-state index contributed by atoms with van der Waals surface area (Å²) in [5, 5.41) is 1.92. The van der Waals surface area contributed by atoms with Crippen LogP contribution in [-0.2, 0) is 0 Å². The fourth-order valence-electron chi connectivity index (χ4n) is 3.76. The Morgan fingerprint density at radius 3 is 2.62 bits per heavy atom. The van der Waals surface area contributed by atoms with Gasteiger partial charge in [-0.1, -0.05) is 23.3 Å². The number of rotatable bonds is 0. The Labute approximate surface area is 149 Å². The van der Waals surface area contributed by atoms with E-state index in [4.69, 9.17) is 0 Å². The number of hydrogen-bond acceptors (Lipinski definition) is 3. The molecule has 2 aliphatic rings. The highest BCUT2D eigenvalue weighted by molar-refractivity contribution is 6.31. The molecule has 0 saturated carbocycles. The van der Waals surface area contributed by atoms with Gasteiger partial charge >= 0.3 is 0 Å². The molecular formula is C22H16N2O2. The molecule has 1 aliphatic carbocycles. The third-order valence-corrected chi connectivity index (χ3v) is 5.12. The number of fused-ring (bicyclic) bond motifs is 4. The summed E-state index contributed by atoms with van der Waals surface area (Å²) in [6.45, 7) is 3.93. The molecule has 2 aromatic carbocycles. The van der Waals surface area contributed by atoms with E-state index < -0.39 is 5.92 Å². The Kier molecular flexibility index (Phi) is 2.95. The highest BCUT2D eigenvalue weighted by Crippen LogP contribution is 2.31. The summed E-state index contributed by atoms with van der Waals surface area (Å²) in [4.78, 5) is 33.9. The number of H-pyrrole nitrogens is 1. The summed E-state index contributed by atoms with van der Waals surface area (Å²) >= 11 is 0. The van der Waals surface area contributed by atoms with Crippen LogP contribution in [0.25, 0.3) is 23.1 Å². The number of pyridine rings is 1. The van der Waals surface area contributed by atoms with Crippen molar-refractivity contribution in [1.82, 2.24) is 4.98 Å². The molecule has 0 saturated heterocycles. The van der Waals surface area contributed by atoms with Gasteiger partial charge in [0.2, 0.25) is 0 Å². The van der Waals surface area contributed by atoms with Crippen molar-refractivity contribution in [3.05, 3.63) is 73.9 Å². The van der Waals surface area contributed by atoms with Crippen molar-refractivity contribution in [1.29, 1.82) is 0 Å². The van der Waals surface area contributed by atoms with Crippen LogP contribution in [0, 0.1) is 19.8 Å². The van der Waals surface area contributed by atoms with E-state index in [0.29, 0.717) is 32.9 Å². The fraction of sp³-hybridized carbons (Fsp3) is 0.136. The molecule has 5 rings (SSSR count). The first-order valence-electron chi connectivity index (χ1n) is 8.61. The van der Waals surface area contributed by atoms with Crippen molar-refractivity contribution in [2.24, 2.45) is 10.9 Å². The molecule has 1 aromatic heterocycles. The van der Waals surface area contributed by atoms with E-state index in [1.54, 1.807) is 6.08 Å². The quantitative estimate of drug-likeness (QED) is 0.683. The molecule has 0 fully saturated rings. The van der Waals surface area contributed by atoms with Crippen LogP contribution in [0.1, 0.15) is 21.5 Å². The van der Waals surface area contributed by atoms with Crippen LogP contribution < -0.4 is 16.0 Å². The van der Waals surface area contributed by atoms with Gasteiger partial charge in [0.05, 0.1) is 17.3 Å².